The Morgan fingerprint density at radius 2 is 2.36 bits per heavy atom. The van der Waals surface area contributed by atoms with Crippen molar-refractivity contribution in [2.75, 3.05) is 0 Å². The van der Waals surface area contributed by atoms with Crippen molar-refractivity contribution >= 4 is 39.0 Å². The Kier molecular flexibility index (Phi) is 2.33. The van der Waals surface area contributed by atoms with Gasteiger partial charge in [-0.1, -0.05) is 11.6 Å². The van der Waals surface area contributed by atoms with Crippen LogP contribution in [0.3, 0.4) is 0 Å². The summed E-state index contributed by atoms with van der Waals surface area (Å²) in [7, 11) is 0. The molecule has 0 atom stereocenters. The lowest BCUT2D eigenvalue weighted by Crippen LogP contribution is -1.98. The molecule has 0 aromatic carbocycles. The minimum atomic E-state index is -0.0355. The molecule has 72 valence electrons. The summed E-state index contributed by atoms with van der Waals surface area (Å²) < 4.78 is 2.45. The van der Waals surface area contributed by atoms with Crippen LogP contribution < -0.4 is 0 Å². The van der Waals surface area contributed by atoms with Crippen molar-refractivity contribution in [1.82, 2.24) is 9.38 Å². The first-order valence-electron chi connectivity index (χ1n) is 3.92. The summed E-state index contributed by atoms with van der Waals surface area (Å²) in [6.45, 7) is 1.50. The second-order valence-electron chi connectivity index (χ2n) is 2.90. The predicted octanol–water partition coefficient (Wildman–Crippen LogP) is 2.95. The predicted molar refractivity (Wildman–Crippen MR) is 57.9 cm³/mol. The summed E-state index contributed by atoms with van der Waals surface area (Å²) in [6, 6.07) is 1.74. The molecule has 0 radical (unpaired) electrons. The molecule has 5 heteroatoms. The van der Waals surface area contributed by atoms with Crippen LogP contribution in [0.15, 0.2) is 22.9 Å². The summed E-state index contributed by atoms with van der Waals surface area (Å²) in [5.74, 6) is -0.0355. The van der Waals surface area contributed by atoms with Gasteiger partial charge in [0.2, 0.25) is 0 Å². The normalized spacial score (nSPS) is 10.8. The van der Waals surface area contributed by atoms with Crippen molar-refractivity contribution in [3.63, 3.8) is 0 Å². The molecule has 0 fully saturated rings. The average molecular weight is 274 g/mol. The maximum atomic E-state index is 11.2. The number of hydrogen-bond acceptors (Lipinski definition) is 2. The van der Waals surface area contributed by atoms with E-state index in [1.165, 1.54) is 6.92 Å². The van der Waals surface area contributed by atoms with Crippen LogP contribution in [-0.2, 0) is 0 Å². The largest absolute Gasteiger partial charge is 0.295 e. The van der Waals surface area contributed by atoms with Crippen molar-refractivity contribution in [3.05, 3.63) is 33.6 Å². The van der Waals surface area contributed by atoms with Crippen LogP contribution in [0, 0.1) is 0 Å². The molecule has 0 aliphatic carbocycles. The van der Waals surface area contributed by atoms with E-state index in [1.807, 2.05) is 0 Å². The van der Waals surface area contributed by atoms with Gasteiger partial charge < -0.3 is 0 Å². The lowest BCUT2D eigenvalue weighted by molar-refractivity contribution is 0.101. The van der Waals surface area contributed by atoms with Gasteiger partial charge in [-0.15, -0.1) is 0 Å². The highest BCUT2D eigenvalue weighted by molar-refractivity contribution is 9.10. The number of imidazole rings is 1. The molecule has 0 spiro atoms. The summed E-state index contributed by atoms with van der Waals surface area (Å²) >= 11 is 9.20. The summed E-state index contributed by atoms with van der Waals surface area (Å²) in [5, 5.41) is 0.560. The van der Waals surface area contributed by atoms with E-state index in [9.17, 15) is 4.79 Å². The van der Waals surface area contributed by atoms with Crippen molar-refractivity contribution < 1.29 is 4.79 Å². The first-order chi connectivity index (χ1) is 6.59. The summed E-state index contributed by atoms with van der Waals surface area (Å²) in [4.78, 5) is 15.3. The van der Waals surface area contributed by atoms with Gasteiger partial charge in [-0.05, 0) is 22.0 Å². The lowest BCUT2D eigenvalue weighted by atomic mass is 10.3. The van der Waals surface area contributed by atoms with E-state index in [2.05, 4.69) is 20.9 Å². The van der Waals surface area contributed by atoms with Crippen LogP contribution in [-0.4, -0.2) is 15.2 Å². The minimum absolute atomic E-state index is 0.0355. The van der Waals surface area contributed by atoms with Gasteiger partial charge in [0.25, 0.3) is 0 Å². The molecule has 0 saturated carbocycles. The Bertz CT molecular complexity index is 521. The number of aromatic nitrogens is 2. The number of pyridine rings is 1. The van der Waals surface area contributed by atoms with Crippen LogP contribution in [0.1, 0.15) is 17.4 Å². The summed E-state index contributed by atoms with van der Waals surface area (Å²) in [5.41, 5.74) is 1.22. The Morgan fingerprint density at radius 1 is 1.64 bits per heavy atom. The second kappa shape index (κ2) is 3.37. The number of nitrogens with zero attached hydrogens (tertiary/aromatic N) is 2. The van der Waals surface area contributed by atoms with Gasteiger partial charge in [-0.2, -0.15) is 0 Å². The van der Waals surface area contributed by atoms with E-state index < -0.39 is 0 Å². The number of carbonyl (C=O) groups is 1. The van der Waals surface area contributed by atoms with E-state index >= 15 is 0 Å². The van der Waals surface area contributed by atoms with E-state index in [4.69, 9.17) is 11.6 Å². The van der Waals surface area contributed by atoms with Crippen molar-refractivity contribution in [1.29, 1.82) is 0 Å². The second-order valence-corrected chi connectivity index (χ2v) is 4.19. The highest BCUT2D eigenvalue weighted by atomic mass is 79.9. The molecule has 0 aliphatic heterocycles. The van der Waals surface area contributed by atoms with Crippen LogP contribution >= 0.6 is 27.5 Å². The monoisotopic (exact) mass is 272 g/mol. The Hall–Kier alpha value is -0.870. The van der Waals surface area contributed by atoms with Gasteiger partial charge in [0.05, 0.1) is 15.7 Å². The molecule has 0 bridgehead atoms. The van der Waals surface area contributed by atoms with Gasteiger partial charge in [-0.25, -0.2) is 4.98 Å². The molecular weight excluding hydrogens is 267 g/mol. The SMILES string of the molecule is CC(=O)c1cnc2c(Br)cc(Cl)cn12. The van der Waals surface area contributed by atoms with Gasteiger partial charge in [-0.3, -0.25) is 9.20 Å². The van der Waals surface area contributed by atoms with Crippen LogP contribution in [0.4, 0.5) is 0 Å². The molecule has 2 aromatic heterocycles. The number of ketones is 1. The number of halogens is 2. The van der Waals surface area contributed by atoms with Crippen LogP contribution in [0.25, 0.3) is 5.65 Å². The van der Waals surface area contributed by atoms with Crippen molar-refractivity contribution in [2.24, 2.45) is 0 Å². The number of fused-ring (bicyclic) bond motifs is 1. The number of carbonyl (C=O) groups excluding carboxylic acids is 1. The highest BCUT2D eigenvalue weighted by Crippen LogP contribution is 2.22. The lowest BCUT2D eigenvalue weighted by Gasteiger charge is -2.00. The maximum Gasteiger partial charge on any atom is 0.178 e. The Balaban J connectivity index is 2.85. The molecule has 2 heterocycles. The third-order valence-corrected chi connectivity index (χ3v) is 2.68. The molecule has 0 amide bonds. The maximum absolute atomic E-state index is 11.2. The van der Waals surface area contributed by atoms with E-state index in [-0.39, 0.29) is 5.78 Å². The standard InChI is InChI=1S/C9H6BrClN2O/c1-5(14)8-3-12-9-7(10)2-6(11)4-13(8)9/h2-4H,1H3. The van der Waals surface area contributed by atoms with Gasteiger partial charge in [0.1, 0.15) is 5.69 Å². The Morgan fingerprint density at radius 3 is 3.00 bits per heavy atom. The van der Waals surface area contributed by atoms with E-state index in [1.54, 1.807) is 22.9 Å². The minimum Gasteiger partial charge on any atom is -0.295 e. The number of Topliss-reactive ketones (excluding diaryl/α,β-unsaturated/α-hetero) is 1. The van der Waals surface area contributed by atoms with Crippen LogP contribution in [0.5, 0.6) is 0 Å². The molecule has 2 aromatic rings. The average Bonchev–Trinajstić information content (AvgIpc) is 2.47. The Labute approximate surface area is 93.8 Å². The quantitative estimate of drug-likeness (QED) is 0.749. The third kappa shape index (κ3) is 1.44. The fourth-order valence-electron chi connectivity index (χ4n) is 1.27. The molecular formula is C9H6BrClN2O. The molecule has 3 nitrogen and oxygen atoms in total. The zero-order chi connectivity index (χ0) is 10.3. The fourth-order valence-corrected chi connectivity index (χ4v) is 2.15. The molecule has 0 aliphatic rings. The van der Waals surface area contributed by atoms with Crippen LogP contribution in [0.2, 0.25) is 5.02 Å². The number of rotatable bonds is 1. The molecule has 14 heavy (non-hydrogen) atoms. The fraction of sp³-hybridized carbons (Fsp3) is 0.111. The van der Waals surface area contributed by atoms with E-state index in [0.717, 1.165) is 4.47 Å². The topological polar surface area (TPSA) is 34.4 Å². The van der Waals surface area contributed by atoms with Crippen molar-refractivity contribution in [3.8, 4) is 0 Å². The molecule has 0 saturated heterocycles. The summed E-state index contributed by atoms with van der Waals surface area (Å²) in [6.07, 6.45) is 3.21. The zero-order valence-corrected chi connectivity index (χ0v) is 9.63. The van der Waals surface area contributed by atoms with Gasteiger partial charge >= 0.3 is 0 Å². The zero-order valence-electron chi connectivity index (χ0n) is 7.29. The molecule has 2 rings (SSSR count). The smallest absolute Gasteiger partial charge is 0.178 e. The van der Waals surface area contributed by atoms with E-state index in [0.29, 0.717) is 16.4 Å². The third-order valence-electron chi connectivity index (χ3n) is 1.89. The highest BCUT2D eigenvalue weighted by Gasteiger charge is 2.10. The van der Waals surface area contributed by atoms with Gasteiger partial charge in [0.15, 0.2) is 11.4 Å². The number of hydrogen-bond donors (Lipinski definition) is 0. The first-order valence-corrected chi connectivity index (χ1v) is 5.09. The molecule has 0 N–H and O–H groups in total. The first kappa shape index (κ1) is 9.68. The van der Waals surface area contributed by atoms with Gasteiger partial charge in [0, 0.05) is 13.1 Å². The molecule has 0 unspecified atom stereocenters. The van der Waals surface area contributed by atoms with Crippen molar-refractivity contribution in [2.45, 2.75) is 6.92 Å².